The number of hydrogen-bond acceptors (Lipinski definition) is 4. The van der Waals surface area contributed by atoms with Crippen molar-refractivity contribution in [2.24, 2.45) is 5.73 Å². The summed E-state index contributed by atoms with van der Waals surface area (Å²) in [6.07, 6.45) is 3.22. The van der Waals surface area contributed by atoms with Gasteiger partial charge in [-0.25, -0.2) is 0 Å². The topological polar surface area (TPSA) is 65.5 Å². The number of hydrogen-bond donors (Lipinski definition) is 1. The summed E-state index contributed by atoms with van der Waals surface area (Å²) < 4.78 is 10.5. The van der Waals surface area contributed by atoms with E-state index in [4.69, 9.17) is 14.9 Å². The number of furan rings is 1. The van der Waals surface area contributed by atoms with Gasteiger partial charge in [0.05, 0.1) is 18.1 Å². The highest BCUT2D eigenvalue weighted by atomic mass is 16.5. The van der Waals surface area contributed by atoms with Crippen LogP contribution in [0.15, 0.2) is 53.2 Å². The first-order chi connectivity index (χ1) is 9.70. The van der Waals surface area contributed by atoms with Gasteiger partial charge in [0, 0.05) is 5.56 Å². The van der Waals surface area contributed by atoms with E-state index >= 15 is 0 Å². The molecule has 1 aliphatic heterocycles. The van der Waals surface area contributed by atoms with Crippen molar-refractivity contribution in [1.82, 2.24) is 0 Å². The molecule has 2 heterocycles. The lowest BCUT2D eigenvalue weighted by atomic mass is 9.96. The fourth-order valence-corrected chi connectivity index (χ4v) is 2.37. The van der Waals surface area contributed by atoms with E-state index in [0.29, 0.717) is 11.1 Å². The zero-order valence-corrected chi connectivity index (χ0v) is 11.1. The SMILES string of the molecule is CCc1cccc(C2=C(N)OC(c3ccoc3)C2=O)c1. The number of carbonyl (C=O) groups is 1. The van der Waals surface area contributed by atoms with Crippen LogP contribution in [0, 0.1) is 0 Å². The van der Waals surface area contributed by atoms with Gasteiger partial charge in [-0.15, -0.1) is 0 Å². The molecule has 102 valence electrons. The molecule has 2 aromatic rings. The van der Waals surface area contributed by atoms with E-state index < -0.39 is 6.10 Å². The molecule has 0 fully saturated rings. The summed E-state index contributed by atoms with van der Waals surface area (Å²) in [5.41, 5.74) is 8.98. The summed E-state index contributed by atoms with van der Waals surface area (Å²) >= 11 is 0. The number of ether oxygens (including phenoxy) is 1. The van der Waals surface area contributed by atoms with E-state index in [9.17, 15) is 4.79 Å². The van der Waals surface area contributed by atoms with Gasteiger partial charge in [0.25, 0.3) is 0 Å². The number of Topliss-reactive ketones (excluding diaryl/α,β-unsaturated/α-hetero) is 1. The van der Waals surface area contributed by atoms with E-state index in [1.807, 2.05) is 24.3 Å². The molecule has 0 bridgehead atoms. The smallest absolute Gasteiger partial charge is 0.214 e. The second-order valence-corrected chi connectivity index (χ2v) is 4.71. The third-order valence-corrected chi connectivity index (χ3v) is 3.45. The molecule has 1 aromatic heterocycles. The highest BCUT2D eigenvalue weighted by Gasteiger charge is 2.36. The first kappa shape index (κ1) is 12.5. The summed E-state index contributed by atoms with van der Waals surface area (Å²) in [7, 11) is 0. The molecule has 1 unspecified atom stereocenters. The van der Waals surface area contributed by atoms with Gasteiger partial charge >= 0.3 is 0 Å². The Kier molecular flexibility index (Phi) is 3.06. The molecule has 0 saturated heterocycles. The van der Waals surface area contributed by atoms with Crippen LogP contribution < -0.4 is 5.73 Å². The van der Waals surface area contributed by atoms with Crippen molar-refractivity contribution in [2.75, 3.05) is 0 Å². The van der Waals surface area contributed by atoms with Crippen LogP contribution in [0.2, 0.25) is 0 Å². The first-order valence-corrected chi connectivity index (χ1v) is 6.52. The highest BCUT2D eigenvalue weighted by molar-refractivity contribution is 6.25. The highest BCUT2D eigenvalue weighted by Crippen LogP contribution is 2.36. The Balaban J connectivity index is 1.97. The minimum Gasteiger partial charge on any atom is -0.472 e. The van der Waals surface area contributed by atoms with E-state index in [1.54, 1.807) is 6.07 Å². The van der Waals surface area contributed by atoms with Gasteiger partial charge in [0.15, 0.2) is 12.0 Å². The zero-order chi connectivity index (χ0) is 14.1. The summed E-state index contributed by atoms with van der Waals surface area (Å²) in [6.45, 7) is 2.07. The molecular formula is C16H15NO3. The molecule has 1 aromatic carbocycles. The van der Waals surface area contributed by atoms with Crippen LogP contribution in [0.1, 0.15) is 29.7 Å². The molecule has 0 amide bonds. The summed E-state index contributed by atoms with van der Waals surface area (Å²) in [5.74, 6) is 0.0478. The third kappa shape index (κ3) is 1.99. The fourth-order valence-electron chi connectivity index (χ4n) is 2.37. The molecular weight excluding hydrogens is 254 g/mol. The summed E-state index contributed by atoms with van der Waals surface area (Å²) in [6, 6.07) is 9.50. The van der Waals surface area contributed by atoms with Crippen LogP contribution in [0.25, 0.3) is 5.57 Å². The Hall–Kier alpha value is -2.49. The number of carbonyl (C=O) groups excluding carboxylic acids is 1. The maximum atomic E-state index is 12.5. The molecule has 4 nitrogen and oxygen atoms in total. The van der Waals surface area contributed by atoms with Crippen molar-refractivity contribution >= 4 is 11.4 Å². The third-order valence-electron chi connectivity index (χ3n) is 3.45. The Morgan fingerprint density at radius 2 is 2.15 bits per heavy atom. The zero-order valence-electron chi connectivity index (χ0n) is 11.1. The molecule has 0 spiro atoms. The molecule has 3 rings (SSSR count). The van der Waals surface area contributed by atoms with Gasteiger partial charge in [-0.2, -0.15) is 0 Å². The van der Waals surface area contributed by atoms with Gasteiger partial charge in [-0.1, -0.05) is 31.2 Å². The van der Waals surface area contributed by atoms with Crippen molar-refractivity contribution in [3.8, 4) is 0 Å². The molecule has 0 saturated carbocycles. The van der Waals surface area contributed by atoms with Gasteiger partial charge in [0.1, 0.15) is 0 Å². The van der Waals surface area contributed by atoms with Crippen molar-refractivity contribution in [2.45, 2.75) is 19.4 Å². The fraction of sp³-hybridized carbons (Fsp3) is 0.188. The van der Waals surface area contributed by atoms with E-state index in [-0.39, 0.29) is 11.7 Å². The maximum absolute atomic E-state index is 12.5. The Labute approximate surface area is 116 Å². The maximum Gasteiger partial charge on any atom is 0.214 e. The van der Waals surface area contributed by atoms with Gasteiger partial charge in [-0.3, -0.25) is 4.79 Å². The lowest BCUT2D eigenvalue weighted by Crippen LogP contribution is -2.08. The van der Waals surface area contributed by atoms with Crippen molar-refractivity contribution < 1.29 is 13.9 Å². The lowest BCUT2D eigenvalue weighted by Gasteiger charge is -2.06. The standard InChI is InChI=1S/C16H15NO3/c1-2-10-4-3-5-11(8-10)13-14(18)15(20-16(13)17)12-6-7-19-9-12/h3-9,15H,2,17H2,1H3. The van der Waals surface area contributed by atoms with Crippen molar-refractivity contribution in [3.05, 3.63) is 65.4 Å². The molecule has 20 heavy (non-hydrogen) atoms. The number of ketones is 1. The molecule has 1 atom stereocenters. The predicted molar refractivity (Wildman–Crippen MR) is 74.5 cm³/mol. The molecule has 0 aliphatic carbocycles. The van der Waals surface area contributed by atoms with Crippen LogP contribution >= 0.6 is 0 Å². The second-order valence-electron chi connectivity index (χ2n) is 4.71. The van der Waals surface area contributed by atoms with Crippen molar-refractivity contribution in [3.63, 3.8) is 0 Å². The minimum atomic E-state index is -0.700. The molecule has 0 radical (unpaired) electrons. The monoisotopic (exact) mass is 269 g/mol. The van der Waals surface area contributed by atoms with Crippen molar-refractivity contribution in [1.29, 1.82) is 0 Å². The lowest BCUT2D eigenvalue weighted by molar-refractivity contribution is -0.120. The Morgan fingerprint density at radius 1 is 1.30 bits per heavy atom. The van der Waals surface area contributed by atoms with Gasteiger partial charge in [-0.05, 0) is 23.6 Å². The van der Waals surface area contributed by atoms with Gasteiger partial charge < -0.3 is 14.9 Å². The van der Waals surface area contributed by atoms with Crippen LogP contribution in [0.4, 0.5) is 0 Å². The molecule has 2 N–H and O–H groups in total. The quantitative estimate of drug-likeness (QED) is 0.930. The average Bonchev–Trinajstić information content (AvgIpc) is 3.07. The number of benzene rings is 1. The summed E-state index contributed by atoms with van der Waals surface area (Å²) in [5, 5.41) is 0. The minimum absolute atomic E-state index is 0.128. The van der Waals surface area contributed by atoms with Crippen LogP contribution in [-0.2, 0) is 16.0 Å². The van der Waals surface area contributed by atoms with Gasteiger partial charge in [0.2, 0.25) is 5.78 Å². The first-order valence-electron chi connectivity index (χ1n) is 6.52. The average molecular weight is 269 g/mol. The van der Waals surface area contributed by atoms with Crippen LogP contribution in [0.5, 0.6) is 0 Å². The normalized spacial score (nSPS) is 18.4. The molecule has 4 heteroatoms. The number of rotatable bonds is 3. The van der Waals surface area contributed by atoms with E-state index in [1.165, 1.54) is 12.5 Å². The second kappa shape index (κ2) is 4.89. The largest absolute Gasteiger partial charge is 0.472 e. The summed E-state index contributed by atoms with van der Waals surface area (Å²) in [4.78, 5) is 12.5. The van der Waals surface area contributed by atoms with E-state index in [2.05, 4.69) is 6.92 Å². The molecule has 1 aliphatic rings. The Morgan fingerprint density at radius 3 is 2.85 bits per heavy atom. The van der Waals surface area contributed by atoms with Crippen LogP contribution in [-0.4, -0.2) is 5.78 Å². The number of aryl methyl sites for hydroxylation is 1. The van der Waals surface area contributed by atoms with E-state index in [0.717, 1.165) is 17.5 Å². The number of nitrogens with two attached hydrogens (primary N) is 1. The predicted octanol–water partition coefficient (Wildman–Crippen LogP) is 2.81. The van der Waals surface area contributed by atoms with Crippen LogP contribution in [0.3, 0.4) is 0 Å². The Bertz CT molecular complexity index is 671.